The first-order chi connectivity index (χ1) is 12.8. The highest BCUT2D eigenvalue weighted by atomic mass is 19.3. The average molecular weight is 391 g/mol. The summed E-state index contributed by atoms with van der Waals surface area (Å²) in [5, 5.41) is 2.75. The van der Waals surface area contributed by atoms with E-state index < -0.39 is 37.2 Å². The smallest absolute Gasteiger partial charge is 0.387 e. The first-order valence-electron chi connectivity index (χ1n) is 7.45. The molecule has 1 N–H and O–H groups in total. The van der Waals surface area contributed by atoms with Gasteiger partial charge in [-0.3, -0.25) is 0 Å². The maximum atomic E-state index is 14.0. The number of esters is 1. The van der Waals surface area contributed by atoms with Crippen molar-refractivity contribution in [3.63, 3.8) is 0 Å². The number of carbonyl (C=O) groups is 1. The summed E-state index contributed by atoms with van der Waals surface area (Å²) in [5.41, 5.74) is 0.121. The SMILES string of the molecule is COC(=O)c1cc(F)c(OCC(F)F)cc1Nc1ccc(OC(F)F)cc1. The highest BCUT2D eigenvalue weighted by Crippen LogP contribution is 2.30. The van der Waals surface area contributed by atoms with Crippen molar-refractivity contribution in [1.29, 1.82) is 0 Å². The summed E-state index contributed by atoms with van der Waals surface area (Å²) in [6, 6.07) is 7.01. The van der Waals surface area contributed by atoms with Crippen molar-refractivity contribution in [2.75, 3.05) is 19.0 Å². The van der Waals surface area contributed by atoms with Crippen molar-refractivity contribution >= 4 is 17.3 Å². The normalized spacial score (nSPS) is 10.8. The maximum Gasteiger partial charge on any atom is 0.387 e. The van der Waals surface area contributed by atoms with Gasteiger partial charge in [-0.05, 0) is 30.3 Å². The van der Waals surface area contributed by atoms with Gasteiger partial charge in [0.25, 0.3) is 6.43 Å². The molecule has 2 aromatic rings. The predicted octanol–water partition coefficient (Wildman–Crippen LogP) is 4.60. The summed E-state index contributed by atoms with van der Waals surface area (Å²) in [6.07, 6.45) is -2.82. The summed E-state index contributed by atoms with van der Waals surface area (Å²) in [4.78, 5) is 11.8. The van der Waals surface area contributed by atoms with Gasteiger partial charge in [0.15, 0.2) is 11.6 Å². The van der Waals surface area contributed by atoms with Gasteiger partial charge in [0.1, 0.15) is 12.4 Å². The molecule has 5 nitrogen and oxygen atoms in total. The van der Waals surface area contributed by atoms with Gasteiger partial charge in [-0.1, -0.05) is 0 Å². The third kappa shape index (κ3) is 5.73. The maximum absolute atomic E-state index is 14.0. The molecule has 0 amide bonds. The van der Waals surface area contributed by atoms with E-state index in [1.165, 1.54) is 24.3 Å². The Labute approximate surface area is 150 Å². The Bertz CT molecular complexity index is 784. The Balaban J connectivity index is 2.31. The Kier molecular flexibility index (Phi) is 6.80. The number of hydrogen-bond acceptors (Lipinski definition) is 5. The number of methoxy groups -OCH3 is 1. The van der Waals surface area contributed by atoms with E-state index in [9.17, 15) is 26.7 Å². The van der Waals surface area contributed by atoms with Crippen LogP contribution in [0.4, 0.5) is 33.3 Å². The van der Waals surface area contributed by atoms with Gasteiger partial charge >= 0.3 is 12.6 Å². The van der Waals surface area contributed by atoms with Crippen molar-refractivity contribution in [2.45, 2.75) is 13.0 Å². The van der Waals surface area contributed by atoms with Crippen molar-refractivity contribution in [3.8, 4) is 11.5 Å². The molecule has 0 saturated carbocycles. The molecule has 0 unspecified atom stereocenters. The minimum Gasteiger partial charge on any atom is -0.484 e. The van der Waals surface area contributed by atoms with Crippen LogP contribution in [0, 0.1) is 5.82 Å². The number of ether oxygens (including phenoxy) is 3. The van der Waals surface area contributed by atoms with Gasteiger partial charge in [-0.2, -0.15) is 8.78 Å². The molecule has 27 heavy (non-hydrogen) atoms. The molecule has 0 atom stereocenters. The van der Waals surface area contributed by atoms with Crippen LogP contribution in [0.2, 0.25) is 0 Å². The van der Waals surface area contributed by atoms with Crippen LogP contribution < -0.4 is 14.8 Å². The predicted molar refractivity (Wildman–Crippen MR) is 85.6 cm³/mol. The Hall–Kier alpha value is -3.04. The Morgan fingerprint density at radius 2 is 1.78 bits per heavy atom. The van der Waals surface area contributed by atoms with Gasteiger partial charge in [-0.25, -0.2) is 18.0 Å². The zero-order valence-corrected chi connectivity index (χ0v) is 13.8. The number of anilines is 2. The number of hydrogen-bond donors (Lipinski definition) is 1. The van der Waals surface area contributed by atoms with E-state index in [1.54, 1.807) is 0 Å². The van der Waals surface area contributed by atoms with Crippen LogP contribution >= 0.6 is 0 Å². The Morgan fingerprint density at radius 1 is 1.11 bits per heavy atom. The zero-order valence-electron chi connectivity index (χ0n) is 13.8. The van der Waals surface area contributed by atoms with Crippen LogP contribution in [0.5, 0.6) is 11.5 Å². The van der Waals surface area contributed by atoms with Crippen LogP contribution in [0.1, 0.15) is 10.4 Å². The number of alkyl halides is 4. The number of rotatable bonds is 8. The fourth-order valence-corrected chi connectivity index (χ4v) is 2.07. The fraction of sp³-hybridized carbons (Fsp3) is 0.235. The Morgan fingerprint density at radius 3 is 2.33 bits per heavy atom. The molecule has 10 heteroatoms. The quantitative estimate of drug-likeness (QED) is 0.527. The largest absolute Gasteiger partial charge is 0.484 e. The lowest BCUT2D eigenvalue weighted by atomic mass is 10.1. The summed E-state index contributed by atoms with van der Waals surface area (Å²) in [7, 11) is 1.09. The lowest BCUT2D eigenvalue weighted by Crippen LogP contribution is -2.11. The summed E-state index contributed by atoms with van der Waals surface area (Å²) >= 11 is 0. The van der Waals surface area contributed by atoms with E-state index in [-0.39, 0.29) is 17.0 Å². The molecule has 2 aromatic carbocycles. The standard InChI is InChI=1S/C17H14F5NO4/c1-25-16(24)11-6-12(18)14(26-8-15(19)20)7-13(11)23-9-2-4-10(5-3-9)27-17(21)22/h2-7,15,17,23H,8H2,1H3. The second-order valence-electron chi connectivity index (χ2n) is 5.05. The lowest BCUT2D eigenvalue weighted by Gasteiger charge is -2.15. The van der Waals surface area contributed by atoms with Crippen LogP contribution in [0.3, 0.4) is 0 Å². The molecule has 0 aliphatic rings. The first-order valence-corrected chi connectivity index (χ1v) is 7.45. The van der Waals surface area contributed by atoms with E-state index in [1.807, 2.05) is 0 Å². The minimum atomic E-state index is -2.98. The highest BCUT2D eigenvalue weighted by Gasteiger charge is 2.18. The number of halogens is 5. The second-order valence-corrected chi connectivity index (χ2v) is 5.05. The van der Waals surface area contributed by atoms with Crippen molar-refractivity contribution in [1.82, 2.24) is 0 Å². The van der Waals surface area contributed by atoms with Crippen molar-refractivity contribution in [2.24, 2.45) is 0 Å². The molecule has 0 aromatic heterocycles. The van der Waals surface area contributed by atoms with Crippen LogP contribution in [-0.4, -0.2) is 32.7 Å². The molecular weight excluding hydrogens is 377 g/mol. The molecule has 2 rings (SSSR count). The first kappa shape index (κ1) is 20.3. The highest BCUT2D eigenvalue weighted by molar-refractivity contribution is 5.97. The van der Waals surface area contributed by atoms with E-state index in [0.29, 0.717) is 5.69 Å². The number of nitrogens with one attached hydrogen (secondary N) is 1. The third-order valence-electron chi connectivity index (χ3n) is 3.20. The van der Waals surface area contributed by atoms with E-state index in [2.05, 4.69) is 19.5 Å². The zero-order chi connectivity index (χ0) is 20.0. The van der Waals surface area contributed by atoms with E-state index >= 15 is 0 Å². The average Bonchev–Trinajstić information content (AvgIpc) is 2.62. The van der Waals surface area contributed by atoms with E-state index in [0.717, 1.165) is 19.2 Å². The molecule has 0 aliphatic carbocycles. The summed E-state index contributed by atoms with van der Waals surface area (Å²) in [5.74, 6) is -2.50. The molecule has 0 bridgehead atoms. The van der Waals surface area contributed by atoms with Gasteiger partial charge in [0.05, 0.1) is 18.4 Å². The molecule has 0 radical (unpaired) electrons. The number of carbonyl (C=O) groups excluding carboxylic acids is 1. The van der Waals surface area contributed by atoms with Crippen molar-refractivity contribution < 1.29 is 41.0 Å². The molecule has 0 aliphatic heterocycles. The monoisotopic (exact) mass is 391 g/mol. The van der Waals surface area contributed by atoms with Crippen molar-refractivity contribution in [3.05, 3.63) is 47.8 Å². The number of benzene rings is 2. The second kappa shape index (κ2) is 9.06. The molecule has 146 valence electrons. The third-order valence-corrected chi connectivity index (χ3v) is 3.20. The minimum absolute atomic E-state index is 0.00930. The molecule has 0 saturated heterocycles. The van der Waals surface area contributed by atoms with Gasteiger partial charge < -0.3 is 19.5 Å². The fourth-order valence-electron chi connectivity index (χ4n) is 2.07. The summed E-state index contributed by atoms with van der Waals surface area (Å²) in [6.45, 7) is -4.02. The van der Waals surface area contributed by atoms with Crippen LogP contribution in [0.15, 0.2) is 36.4 Å². The molecule has 0 spiro atoms. The van der Waals surface area contributed by atoms with Gasteiger partial charge in [-0.15, -0.1) is 0 Å². The van der Waals surface area contributed by atoms with Gasteiger partial charge in [0.2, 0.25) is 0 Å². The molecule has 0 fully saturated rings. The topological polar surface area (TPSA) is 56.8 Å². The summed E-state index contributed by atoms with van der Waals surface area (Å²) < 4.78 is 76.4. The molecule has 0 heterocycles. The van der Waals surface area contributed by atoms with Crippen LogP contribution in [0.25, 0.3) is 0 Å². The molecular formula is C17H14F5NO4. The lowest BCUT2D eigenvalue weighted by molar-refractivity contribution is -0.0498. The van der Waals surface area contributed by atoms with Gasteiger partial charge in [0, 0.05) is 11.8 Å². The van der Waals surface area contributed by atoms with E-state index in [4.69, 9.17) is 0 Å². The van der Waals surface area contributed by atoms with Crippen LogP contribution in [-0.2, 0) is 4.74 Å².